The van der Waals surface area contributed by atoms with Gasteiger partial charge in [-0.2, -0.15) is 0 Å². The molecule has 0 aliphatic heterocycles. The van der Waals surface area contributed by atoms with E-state index in [0.29, 0.717) is 18.1 Å². The van der Waals surface area contributed by atoms with Crippen LogP contribution < -0.4 is 0 Å². The highest BCUT2D eigenvalue weighted by molar-refractivity contribution is 5.89. The molecule has 1 fully saturated rings. The van der Waals surface area contributed by atoms with Gasteiger partial charge in [-0.25, -0.2) is 9.18 Å². The first-order valence-corrected chi connectivity index (χ1v) is 6.10. The lowest BCUT2D eigenvalue weighted by Gasteiger charge is -2.10. The number of hydrogen-bond donors (Lipinski definition) is 0. The third kappa shape index (κ3) is 2.84. The second kappa shape index (κ2) is 5.30. The number of carbonyl (C=O) groups excluding carboxylic acids is 1. The van der Waals surface area contributed by atoms with Gasteiger partial charge in [0, 0.05) is 0 Å². The maximum absolute atomic E-state index is 13.7. The van der Waals surface area contributed by atoms with E-state index in [1.807, 2.05) is 0 Å². The number of carbonyl (C=O) groups is 1. The minimum absolute atomic E-state index is 0.0444. The average Bonchev–Trinajstić information content (AvgIpc) is 2.82. The van der Waals surface area contributed by atoms with Crippen LogP contribution in [0, 0.1) is 18.7 Å². The van der Waals surface area contributed by atoms with Gasteiger partial charge in [0.1, 0.15) is 5.82 Å². The third-order valence-electron chi connectivity index (χ3n) is 3.34. The Bertz CT molecular complexity index is 409. The van der Waals surface area contributed by atoms with Crippen LogP contribution in [0.2, 0.25) is 0 Å². The van der Waals surface area contributed by atoms with Crippen molar-refractivity contribution >= 4 is 5.97 Å². The van der Waals surface area contributed by atoms with Gasteiger partial charge in [-0.1, -0.05) is 25.0 Å². The van der Waals surface area contributed by atoms with E-state index >= 15 is 0 Å². The van der Waals surface area contributed by atoms with E-state index in [-0.39, 0.29) is 5.56 Å². The number of rotatable bonds is 3. The summed E-state index contributed by atoms with van der Waals surface area (Å²) in [5.41, 5.74) is 0.517. The van der Waals surface area contributed by atoms with Crippen LogP contribution in [-0.4, -0.2) is 12.6 Å². The second-order valence-corrected chi connectivity index (χ2v) is 4.69. The summed E-state index contributed by atoms with van der Waals surface area (Å²) in [6, 6.07) is 4.78. The van der Waals surface area contributed by atoms with E-state index in [9.17, 15) is 9.18 Å². The number of halogens is 1. The van der Waals surface area contributed by atoms with Crippen molar-refractivity contribution in [3.05, 3.63) is 35.1 Å². The predicted molar refractivity (Wildman–Crippen MR) is 63.4 cm³/mol. The minimum Gasteiger partial charge on any atom is -0.462 e. The Kier molecular flexibility index (Phi) is 3.77. The fourth-order valence-corrected chi connectivity index (χ4v) is 2.25. The van der Waals surface area contributed by atoms with Crippen molar-refractivity contribution in [1.29, 1.82) is 0 Å². The molecule has 92 valence electrons. The van der Waals surface area contributed by atoms with Gasteiger partial charge < -0.3 is 4.74 Å². The summed E-state index contributed by atoms with van der Waals surface area (Å²) in [6.07, 6.45) is 4.65. The second-order valence-electron chi connectivity index (χ2n) is 4.69. The van der Waals surface area contributed by atoms with Crippen molar-refractivity contribution in [2.24, 2.45) is 5.92 Å². The SMILES string of the molecule is Cc1cccc(C(=O)OCC2CCCC2)c1F. The summed E-state index contributed by atoms with van der Waals surface area (Å²) in [4.78, 5) is 11.7. The normalized spacial score (nSPS) is 16.1. The van der Waals surface area contributed by atoms with Gasteiger partial charge in [0.15, 0.2) is 0 Å². The van der Waals surface area contributed by atoms with E-state index in [1.54, 1.807) is 19.1 Å². The zero-order chi connectivity index (χ0) is 12.3. The average molecular weight is 236 g/mol. The highest BCUT2D eigenvalue weighted by Crippen LogP contribution is 2.25. The Morgan fingerprint density at radius 1 is 1.41 bits per heavy atom. The quantitative estimate of drug-likeness (QED) is 0.751. The van der Waals surface area contributed by atoms with Crippen LogP contribution in [0.4, 0.5) is 4.39 Å². The molecule has 1 aliphatic rings. The van der Waals surface area contributed by atoms with Crippen molar-refractivity contribution in [3.8, 4) is 0 Å². The molecular formula is C14H17FO2. The Labute approximate surface area is 101 Å². The molecule has 17 heavy (non-hydrogen) atoms. The molecule has 0 atom stereocenters. The minimum atomic E-state index is -0.543. The summed E-state index contributed by atoms with van der Waals surface area (Å²) >= 11 is 0. The van der Waals surface area contributed by atoms with Gasteiger partial charge in [-0.05, 0) is 37.3 Å². The van der Waals surface area contributed by atoms with Gasteiger partial charge in [0.25, 0.3) is 0 Å². The topological polar surface area (TPSA) is 26.3 Å². The Morgan fingerprint density at radius 3 is 2.82 bits per heavy atom. The maximum Gasteiger partial charge on any atom is 0.341 e. The molecule has 0 N–H and O–H groups in total. The van der Waals surface area contributed by atoms with E-state index in [2.05, 4.69) is 0 Å². The van der Waals surface area contributed by atoms with Gasteiger partial charge in [0.05, 0.1) is 12.2 Å². The molecule has 0 saturated heterocycles. The number of ether oxygens (including phenoxy) is 1. The molecule has 3 heteroatoms. The van der Waals surface area contributed by atoms with Crippen LogP contribution in [0.25, 0.3) is 0 Å². The van der Waals surface area contributed by atoms with E-state index in [4.69, 9.17) is 4.74 Å². The van der Waals surface area contributed by atoms with Crippen LogP contribution >= 0.6 is 0 Å². The molecule has 0 amide bonds. The summed E-state index contributed by atoms with van der Waals surface area (Å²) in [7, 11) is 0. The molecule has 1 aromatic carbocycles. The molecule has 0 bridgehead atoms. The number of esters is 1. The molecule has 0 spiro atoms. The van der Waals surface area contributed by atoms with Crippen molar-refractivity contribution in [3.63, 3.8) is 0 Å². The zero-order valence-electron chi connectivity index (χ0n) is 10.0. The molecule has 0 aromatic heterocycles. The molecule has 1 aliphatic carbocycles. The fourth-order valence-electron chi connectivity index (χ4n) is 2.25. The number of benzene rings is 1. The highest BCUT2D eigenvalue weighted by Gasteiger charge is 2.19. The molecule has 0 unspecified atom stereocenters. The van der Waals surface area contributed by atoms with Crippen molar-refractivity contribution < 1.29 is 13.9 Å². The van der Waals surface area contributed by atoms with E-state index in [1.165, 1.54) is 18.9 Å². The monoisotopic (exact) mass is 236 g/mol. The van der Waals surface area contributed by atoms with Gasteiger partial charge in [-0.3, -0.25) is 0 Å². The van der Waals surface area contributed by atoms with Gasteiger partial charge >= 0.3 is 5.97 Å². The van der Waals surface area contributed by atoms with Crippen molar-refractivity contribution in [2.75, 3.05) is 6.61 Å². The number of hydrogen-bond acceptors (Lipinski definition) is 2. The van der Waals surface area contributed by atoms with Crippen LogP contribution in [0.3, 0.4) is 0 Å². The first-order chi connectivity index (χ1) is 8.18. The lowest BCUT2D eigenvalue weighted by molar-refractivity contribution is 0.0437. The molecule has 2 nitrogen and oxygen atoms in total. The summed E-state index contributed by atoms with van der Waals surface area (Å²) in [5, 5.41) is 0. The summed E-state index contributed by atoms with van der Waals surface area (Å²) < 4.78 is 18.8. The van der Waals surface area contributed by atoms with Crippen molar-refractivity contribution in [1.82, 2.24) is 0 Å². The highest BCUT2D eigenvalue weighted by atomic mass is 19.1. The molecule has 1 aromatic rings. The van der Waals surface area contributed by atoms with Crippen LogP contribution in [0.15, 0.2) is 18.2 Å². The van der Waals surface area contributed by atoms with E-state index < -0.39 is 11.8 Å². The van der Waals surface area contributed by atoms with E-state index in [0.717, 1.165) is 12.8 Å². The zero-order valence-corrected chi connectivity index (χ0v) is 10.0. The summed E-state index contributed by atoms with van der Waals surface area (Å²) in [5.74, 6) is -0.547. The first kappa shape index (κ1) is 12.1. The van der Waals surface area contributed by atoms with Crippen LogP contribution in [0.5, 0.6) is 0 Å². The molecule has 2 rings (SSSR count). The number of aryl methyl sites for hydroxylation is 1. The smallest absolute Gasteiger partial charge is 0.341 e. The molecule has 1 saturated carbocycles. The first-order valence-electron chi connectivity index (χ1n) is 6.10. The summed E-state index contributed by atoms with van der Waals surface area (Å²) in [6.45, 7) is 2.06. The third-order valence-corrected chi connectivity index (χ3v) is 3.34. The maximum atomic E-state index is 13.7. The van der Waals surface area contributed by atoms with Crippen molar-refractivity contribution in [2.45, 2.75) is 32.6 Å². The molecule has 0 radical (unpaired) electrons. The van der Waals surface area contributed by atoms with Crippen LogP contribution in [-0.2, 0) is 4.74 Å². The standard InChI is InChI=1S/C14H17FO2/c1-10-5-4-8-12(13(10)15)14(16)17-9-11-6-2-3-7-11/h4-5,8,11H,2-3,6-7,9H2,1H3. The lowest BCUT2D eigenvalue weighted by Crippen LogP contribution is -2.13. The lowest BCUT2D eigenvalue weighted by atomic mass is 10.1. The van der Waals surface area contributed by atoms with Gasteiger partial charge in [0.2, 0.25) is 0 Å². The largest absolute Gasteiger partial charge is 0.462 e. The molecular weight excluding hydrogens is 219 g/mol. The predicted octanol–water partition coefficient (Wildman–Crippen LogP) is 3.48. The van der Waals surface area contributed by atoms with Crippen LogP contribution in [0.1, 0.15) is 41.6 Å². The Hall–Kier alpha value is -1.38. The fraction of sp³-hybridized carbons (Fsp3) is 0.500. The Balaban J connectivity index is 1.97. The molecule has 0 heterocycles. The Morgan fingerprint density at radius 2 is 2.12 bits per heavy atom. The van der Waals surface area contributed by atoms with Gasteiger partial charge in [-0.15, -0.1) is 0 Å².